The minimum Gasteiger partial charge on any atom is -0.485 e. The number of carbonyl (C=O) groups is 1. The first-order valence-corrected chi connectivity index (χ1v) is 10.0. The maximum absolute atomic E-state index is 13.0. The molecule has 0 bridgehead atoms. The maximum atomic E-state index is 13.0. The van der Waals surface area contributed by atoms with Crippen LogP contribution in [0.5, 0.6) is 5.75 Å². The van der Waals surface area contributed by atoms with Crippen molar-refractivity contribution >= 4 is 16.7 Å². The third-order valence-corrected chi connectivity index (χ3v) is 6.40. The van der Waals surface area contributed by atoms with Gasteiger partial charge in [-0.25, -0.2) is 4.21 Å². The molecule has 3 unspecified atom stereocenters. The van der Waals surface area contributed by atoms with E-state index >= 15 is 0 Å². The molecule has 9 heteroatoms. The van der Waals surface area contributed by atoms with Crippen molar-refractivity contribution in [1.29, 1.82) is 0 Å². The lowest BCUT2D eigenvalue weighted by Gasteiger charge is -2.45. The Morgan fingerprint density at radius 2 is 1.90 bits per heavy atom. The van der Waals surface area contributed by atoms with E-state index in [0.717, 1.165) is 17.7 Å². The summed E-state index contributed by atoms with van der Waals surface area (Å²) in [6.07, 6.45) is -1.21. The van der Waals surface area contributed by atoms with E-state index in [4.69, 9.17) is 4.74 Å². The van der Waals surface area contributed by atoms with E-state index in [-0.39, 0.29) is 23.8 Å². The van der Waals surface area contributed by atoms with Crippen molar-refractivity contribution in [3.63, 3.8) is 0 Å². The van der Waals surface area contributed by atoms with Crippen molar-refractivity contribution in [2.75, 3.05) is 0 Å². The average Bonchev–Trinajstić information content (AvgIpc) is 2.98. The van der Waals surface area contributed by atoms with Crippen LogP contribution in [-0.2, 0) is 17.3 Å². The third-order valence-electron chi connectivity index (χ3n) is 5.29. The zero-order chi connectivity index (χ0) is 21.1. The Bertz CT molecular complexity index is 1020. The molecular weight excluding hydrogens is 407 g/mol. The Hall–Kier alpha value is -2.39. The van der Waals surface area contributed by atoms with E-state index in [1.165, 1.54) is 11.0 Å². The lowest BCUT2D eigenvalue weighted by atomic mass is 9.85. The molecule has 2 heterocycles. The van der Waals surface area contributed by atoms with Gasteiger partial charge in [0.25, 0.3) is 5.91 Å². The summed E-state index contributed by atoms with van der Waals surface area (Å²) >= 11 is 0. The first-order chi connectivity index (χ1) is 13.5. The van der Waals surface area contributed by atoms with Gasteiger partial charge in [-0.05, 0) is 43.7 Å². The summed E-state index contributed by atoms with van der Waals surface area (Å²) in [4.78, 5) is 13.9. The van der Waals surface area contributed by atoms with Crippen LogP contribution in [0, 0.1) is 0 Å². The summed E-state index contributed by atoms with van der Waals surface area (Å²) < 4.78 is 56.5. The van der Waals surface area contributed by atoms with Gasteiger partial charge in [-0.2, -0.15) is 13.2 Å². The number of fused-ring (bicyclic) bond motifs is 2. The zero-order valence-corrected chi connectivity index (χ0v) is 16.4. The summed E-state index contributed by atoms with van der Waals surface area (Å²) in [5.41, 5.74) is -4.55. The smallest absolute Gasteiger partial charge is 0.475 e. The fraction of sp³-hybridized carbons (Fsp3) is 0.350. The molecule has 154 valence electrons. The highest BCUT2D eigenvalue weighted by atomic mass is 32.2. The number of alkyl halides is 3. The number of hydrogen-bond acceptors (Lipinski definition) is 4. The normalized spacial score (nSPS) is 23.9. The van der Waals surface area contributed by atoms with Crippen LogP contribution in [0.1, 0.15) is 41.4 Å². The number of hydrogen-bond donors (Lipinski definition) is 1. The number of aliphatic hydroxyl groups excluding tert-OH is 1. The first kappa shape index (κ1) is 19.9. The number of nitrogens with zero attached hydrogens (tertiary/aromatic N) is 1. The second kappa shape index (κ2) is 6.56. The van der Waals surface area contributed by atoms with Crippen molar-refractivity contribution < 1.29 is 32.0 Å². The van der Waals surface area contributed by atoms with Crippen LogP contribution in [0.4, 0.5) is 13.2 Å². The molecule has 0 saturated heterocycles. The molecule has 0 spiro atoms. The Balaban J connectivity index is 1.82. The van der Waals surface area contributed by atoms with Gasteiger partial charge in [-0.1, -0.05) is 18.2 Å². The average molecular weight is 425 g/mol. The van der Waals surface area contributed by atoms with Gasteiger partial charge in [0.1, 0.15) is 17.5 Å². The lowest BCUT2D eigenvalue weighted by Crippen LogP contribution is -2.53. The monoisotopic (exact) mass is 425 g/mol. The van der Waals surface area contributed by atoms with Crippen molar-refractivity contribution in [3.05, 3.63) is 59.2 Å². The predicted octanol–water partition coefficient (Wildman–Crippen LogP) is 3.54. The van der Waals surface area contributed by atoms with Crippen LogP contribution in [0.3, 0.4) is 0 Å². The number of ether oxygens (including phenoxy) is 1. The number of halogens is 3. The molecule has 2 aliphatic heterocycles. The molecule has 0 radical (unpaired) electrons. The number of amides is 1. The summed E-state index contributed by atoms with van der Waals surface area (Å²) in [6, 6.07) is 9.54. The van der Waals surface area contributed by atoms with Gasteiger partial charge in [-0.3, -0.25) is 4.79 Å². The van der Waals surface area contributed by atoms with E-state index in [2.05, 4.69) is 0 Å². The number of rotatable bonds is 2. The SMILES string of the molecule is CC1(C)Oc2ccc(S(=O)C(F)(F)F)cc2C(N2Cc3ccccc3C2=O)C1O. The molecule has 3 atom stereocenters. The van der Waals surface area contributed by atoms with E-state index in [1.807, 2.05) is 0 Å². The van der Waals surface area contributed by atoms with E-state index in [9.17, 15) is 27.3 Å². The molecule has 0 aromatic heterocycles. The Morgan fingerprint density at radius 3 is 2.55 bits per heavy atom. The molecule has 0 aliphatic carbocycles. The van der Waals surface area contributed by atoms with Crippen LogP contribution in [-0.4, -0.2) is 37.3 Å². The van der Waals surface area contributed by atoms with Gasteiger partial charge in [0.05, 0.1) is 6.04 Å². The lowest BCUT2D eigenvalue weighted by molar-refractivity contribution is -0.0869. The third kappa shape index (κ3) is 3.22. The molecule has 5 nitrogen and oxygen atoms in total. The molecule has 29 heavy (non-hydrogen) atoms. The summed E-state index contributed by atoms with van der Waals surface area (Å²) in [5.74, 6) is -0.0763. The van der Waals surface area contributed by atoms with E-state index < -0.39 is 39.0 Å². The molecule has 0 saturated carbocycles. The first-order valence-electron chi connectivity index (χ1n) is 8.89. The zero-order valence-electron chi connectivity index (χ0n) is 15.6. The van der Waals surface area contributed by atoms with Crippen LogP contribution >= 0.6 is 0 Å². The van der Waals surface area contributed by atoms with Crippen molar-refractivity contribution in [1.82, 2.24) is 4.90 Å². The fourth-order valence-electron chi connectivity index (χ4n) is 3.83. The van der Waals surface area contributed by atoms with Crippen molar-refractivity contribution in [2.24, 2.45) is 0 Å². The fourth-order valence-corrected chi connectivity index (χ4v) is 4.53. The topological polar surface area (TPSA) is 66.8 Å². The van der Waals surface area contributed by atoms with Gasteiger partial charge < -0.3 is 14.7 Å². The van der Waals surface area contributed by atoms with Gasteiger partial charge in [0.15, 0.2) is 10.8 Å². The molecule has 4 rings (SSSR count). The summed E-state index contributed by atoms with van der Waals surface area (Å²) in [6.45, 7) is 3.49. The molecule has 0 fully saturated rings. The molecule has 1 amide bonds. The van der Waals surface area contributed by atoms with Gasteiger partial charge in [0.2, 0.25) is 0 Å². The Labute approximate surface area is 167 Å². The number of benzene rings is 2. The van der Waals surface area contributed by atoms with Crippen molar-refractivity contribution in [3.8, 4) is 5.75 Å². The summed E-state index contributed by atoms with van der Waals surface area (Å²) in [5, 5.41) is 11.0. The van der Waals surface area contributed by atoms with Gasteiger partial charge in [0, 0.05) is 22.6 Å². The Morgan fingerprint density at radius 1 is 1.21 bits per heavy atom. The highest BCUT2D eigenvalue weighted by molar-refractivity contribution is 7.86. The standard InChI is InChI=1S/C20H18F3NO4S/c1-19(2)17(25)16(24-10-11-5-3-4-6-13(11)18(24)26)14-9-12(7-8-15(14)28-19)29(27)20(21,22)23/h3-9,16-17,25H,10H2,1-2H3. The molecule has 2 aliphatic rings. The quantitative estimate of drug-likeness (QED) is 0.799. The molecule has 2 aromatic rings. The summed E-state index contributed by atoms with van der Waals surface area (Å²) in [7, 11) is -3.23. The van der Waals surface area contributed by atoms with Crippen LogP contribution < -0.4 is 4.74 Å². The van der Waals surface area contributed by atoms with E-state index in [1.54, 1.807) is 38.1 Å². The maximum Gasteiger partial charge on any atom is 0.475 e. The molecular formula is C20H18F3NO4S. The van der Waals surface area contributed by atoms with Crippen LogP contribution in [0.2, 0.25) is 0 Å². The van der Waals surface area contributed by atoms with Gasteiger partial charge in [-0.15, -0.1) is 0 Å². The highest BCUT2D eigenvalue weighted by Gasteiger charge is 2.49. The molecule has 1 N–H and O–H groups in total. The Kier molecular flexibility index (Phi) is 4.51. The van der Waals surface area contributed by atoms with Crippen LogP contribution in [0.25, 0.3) is 0 Å². The second-order valence-corrected chi connectivity index (χ2v) is 9.07. The molecule has 2 aromatic carbocycles. The van der Waals surface area contributed by atoms with Gasteiger partial charge >= 0.3 is 5.51 Å². The highest BCUT2D eigenvalue weighted by Crippen LogP contribution is 2.46. The number of carbonyl (C=O) groups excluding carboxylic acids is 1. The van der Waals surface area contributed by atoms with Crippen molar-refractivity contribution in [2.45, 2.75) is 48.5 Å². The minimum absolute atomic E-state index is 0.202. The predicted molar refractivity (Wildman–Crippen MR) is 98.7 cm³/mol. The van der Waals surface area contributed by atoms with Crippen LogP contribution in [0.15, 0.2) is 47.4 Å². The largest absolute Gasteiger partial charge is 0.485 e. The second-order valence-electron chi connectivity index (χ2n) is 7.60. The van der Waals surface area contributed by atoms with E-state index in [0.29, 0.717) is 5.56 Å². The minimum atomic E-state index is -4.92. The number of aliphatic hydroxyl groups is 1.